The second kappa shape index (κ2) is 9.19. The molecule has 1 saturated carbocycles. The molecule has 12 heteroatoms. The van der Waals surface area contributed by atoms with Gasteiger partial charge in [-0.2, -0.15) is 31.3 Å². The Morgan fingerprint density at radius 1 is 1.09 bits per heavy atom. The summed E-state index contributed by atoms with van der Waals surface area (Å²) >= 11 is 0. The summed E-state index contributed by atoms with van der Waals surface area (Å²) in [6.45, 7) is 7.11. The van der Waals surface area contributed by atoms with E-state index in [4.69, 9.17) is 4.84 Å². The number of hydrogen-bond acceptors (Lipinski definition) is 3. The summed E-state index contributed by atoms with van der Waals surface area (Å²) in [6, 6.07) is 3.53. The van der Waals surface area contributed by atoms with Crippen molar-refractivity contribution in [3.63, 3.8) is 0 Å². The van der Waals surface area contributed by atoms with Crippen LogP contribution in [-0.2, 0) is 25.2 Å². The maximum absolute atomic E-state index is 13.3. The largest absolute Gasteiger partial charge is 0.432 e. The van der Waals surface area contributed by atoms with Crippen LogP contribution < -0.4 is 10.3 Å². The van der Waals surface area contributed by atoms with Crippen molar-refractivity contribution in [2.75, 3.05) is 0 Å². The van der Waals surface area contributed by atoms with Crippen molar-refractivity contribution in [3.05, 3.63) is 46.6 Å². The normalized spacial score (nSPS) is 16.1. The number of carbonyl (C=O) groups is 1. The fourth-order valence-corrected chi connectivity index (χ4v) is 3.41. The molecule has 1 fully saturated rings. The van der Waals surface area contributed by atoms with Crippen LogP contribution in [0.25, 0.3) is 0 Å². The molecule has 6 nitrogen and oxygen atoms in total. The first-order chi connectivity index (χ1) is 16.0. The first-order valence-electron chi connectivity index (χ1n) is 10.8. The number of alkyl halides is 6. The van der Waals surface area contributed by atoms with Crippen molar-refractivity contribution in [1.29, 1.82) is 0 Å². The summed E-state index contributed by atoms with van der Waals surface area (Å²) < 4.78 is 81.8. The molecule has 0 spiro atoms. The first-order valence-corrected chi connectivity index (χ1v) is 10.8. The molecule has 1 heterocycles. The van der Waals surface area contributed by atoms with Crippen LogP contribution in [-0.4, -0.2) is 27.2 Å². The van der Waals surface area contributed by atoms with Gasteiger partial charge in [0.05, 0.1) is 11.1 Å². The number of hydrogen-bond donors (Lipinski definition) is 0. The number of benzene rings is 1. The van der Waals surface area contributed by atoms with Crippen LogP contribution in [0.4, 0.5) is 26.3 Å². The quantitative estimate of drug-likeness (QED) is 0.302. The van der Waals surface area contributed by atoms with Gasteiger partial charge in [-0.25, -0.2) is 0 Å². The van der Waals surface area contributed by atoms with E-state index in [-0.39, 0.29) is 10.9 Å². The van der Waals surface area contributed by atoms with Gasteiger partial charge in [0.15, 0.2) is 16.9 Å². The zero-order valence-corrected chi connectivity index (χ0v) is 19.9. The summed E-state index contributed by atoms with van der Waals surface area (Å²) in [6.07, 6.45) is -7.57. The molecule has 0 saturated heterocycles. The van der Waals surface area contributed by atoms with Crippen molar-refractivity contribution in [3.8, 4) is 5.75 Å². The van der Waals surface area contributed by atoms with Crippen molar-refractivity contribution < 1.29 is 36.0 Å². The molecular formula is C23H26F6N4O2. The number of amides is 1. The monoisotopic (exact) mass is 504 g/mol. The zero-order valence-electron chi connectivity index (χ0n) is 19.9. The fourth-order valence-electron chi connectivity index (χ4n) is 3.41. The van der Waals surface area contributed by atoms with E-state index in [0.717, 1.165) is 24.6 Å². The average Bonchev–Trinajstić information content (AvgIpc) is 3.49. The Morgan fingerprint density at radius 2 is 1.71 bits per heavy atom. The van der Waals surface area contributed by atoms with Gasteiger partial charge in [-0.05, 0) is 43.9 Å². The van der Waals surface area contributed by atoms with Crippen LogP contribution in [0.2, 0.25) is 0 Å². The smallest absolute Gasteiger partial charge is 0.356 e. The summed E-state index contributed by atoms with van der Waals surface area (Å²) in [5, 5.41) is 2.93. The minimum atomic E-state index is -4.80. The lowest BCUT2D eigenvalue weighted by molar-refractivity contribution is -0.137. The van der Waals surface area contributed by atoms with Gasteiger partial charge in [0, 0.05) is 30.8 Å². The number of oxime groups is 1. The van der Waals surface area contributed by atoms with Gasteiger partial charge < -0.3 is 4.84 Å². The predicted molar refractivity (Wildman–Crippen MR) is 116 cm³/mol. The Kier molecular flexibility index (Phi) is 6.98. The van der Waals surface area contributed by atoms with E-state index in [0.29, 0.717) is 31.5 Å². The standard InChI is InChI=1S/C23H26F6N4O2/c1-13(22(24,25)26)31-35-17-9-8-15(23(27,28)29)10-16(17)20(34)30-19-11-18(21(2,3)4)32(5)33(19)12-14-6-7-14/h8-11,14H,6-7,12H2,1-5H3/b30-19?,31-13+. The molecule has 1 aliphatic carbocycles. The lowest BCUT2D eigenvalue weighted by Gasteiger charge is -2.20. The molecule has 1 aromatic carbocycles. The van der Waals surface area contributed by atoms with Crippen LogP contribution in [0.3, 0.4) is 0 Å². The molecule has 1 aromatic heterocycles. The first kappa shape index (κ1) is 26.6. The molecule has 0 aliphatic heterocycles. The van der Waals surface area contributed by atoms with Gasteiger partial charge in [0.25, 0.3) is 5.91 Å². The highest BCUT2D eigenvalue weighted by atomic mass is 19.4. The molecule has 192 valence electrons. The van der Waals surface area contributed by atoms with Crippen LogP contribution in [0, 0.1) is 5.92 Å². The third kappa shape index (κ3) is 6.34. The van der Waals surface area contributed by atoms with Crippen LogP contribution in [0.1, 0.15) is 62.2 Å². The van der Waals surface area contributed by atoms with E-state index in [2.05, 4.69) is 10.1 Å². The van der Waals surface area contributed by atoms with Crippen molar-refractivity contribution in [2.45, 2.75) is 64.8 Å². The van der Waals surface area contributed by atoms with E-state index >= 15 is 0 Å². The lowest BCUT2D eigenvalue weighted by Crippen LogP contribution is -2.26. The Balaban J connectivity index is 2.12. The second-order valence-electron chi connectivity index (χ2n) is 9.58. The molecule has 0 unspecified atom stereocenters. The second-order valence-corrected chi connectivity index (χ2v) is 9.58. The number of rotatable bonds is 5. The van der Waals surface area contributed by atoms with Crippen LogP contribution >= 0.6 is 0 Å². The Bertz CT molecular complexity index is 1210. The lowest BCUT2D eigenvalue weighted by atomic mass is 9.92. The van der Waals surface area contributed by atoms with Crippen molar-refractivity contribution in [2.24, 2.45) is 23.1 Å². The number of carbonyl (C=O) groups excluding carboxylic acids is 1. The Morgan fingerprint density at radius 3 is 2.23 bits per heavy atom. The molecule has 3 rings (SSSR count). The van der Waals surface area contributed by atoms with Gasteiger partial charge in [0.1, 0.15) is 0 Å². The molecule has 35 heavy (non-hydrogen) atoms. The summed E-state index contributed by atoms with van der Waals surface area (Å²) in [7, 11) is 1.81. The van der Waals surface area contributed by atoms with Crippen molar-refractivity contribution >= 4 is 11.6 Å². The van der Waals surface area contributed by atoms with Crippen molar-refractivity contribution in [1.82, 2.24) is 9.36 Å². The molecule has 1 aliphatic rings. The third-order valence-electron chi connectivity index (χ3n) is 5.58. The maximum atomic E-state index is 13.3. The van der Waals surface area contributed by atoms with E-state index in [1.165, 1.54) is 0 Å². The molecule has 0 radical (unpaired) electrons. The molecule has 0 N–H and O–H groups in total. The topological polar surface area (TPSA) is 60.9 Å². The maximum Gasteiger partial charge on any atom is 0.432 e. The minimum Gasteiger partial charge on any atom is -0.356 e. The van der Waals surface area contributed by atoms with Gasteiger partial charge >= 0.3 is 12.4 Å². The fraction of sp³-hybridized carbons (Fsp3) is 0.522. The highest BCUT2D eigenvalue weighted by Gasteiger charge is 2.34. The molecule has 1 amide bonds. The number of nitrogens with zero attached hydrogens (tertiary/aromatic N) is 4. The Labute approximate surface area is 197 Å². The molecular weight excluding hydrogens is 478 g/mol. The number of aromatic nitrogens is 2. The SMILES string of the molecule is C/C(=N\Oc1ccc(C(F)(F)F)cc1C(=O)N=c1cc(C(C)(C)C)n(C)n1CC1CC1)C(F)(F)F. The molecule has 0 atom stereocenters. The van der Waals surface area contributed by atoms with Gasteiger partial charge in [-0.3, -0.25) is 14.2 Å². The van der Waals surface area contributed by atoms with E-state index < -0.39 is 40.8 Å². The highest BCUT2D eigenvalue weighted by Crippen LogP contribution is 2.34. The summed E-state index contributed by atoms with van der Waals surface area (Å²) in [5.41, 5.74) is -2.44. The van der Waals surface area contributed by atoms with E-state index in [1.54, 1.807) is 17.8 Å². The van der Waals surface area contributed by atoms with Crippen LogP contribution in [0.5, 0.6) is 5.75 Å². The van der Waals surface area contributed by atoms with Crippen LogP contribution in [0.15, 0.2) is 34.4 Å². The Hall–Kier alpha value is -3.05. The third-order valence-corrected chi connectivity index (χ3v) is 5.58. The van der Waals surface area contributed by atoms with E-state index in [9.17, 15) is 31.1 Å². The zero-order chi connectivity index (χ0) is 26.3. The summed E-state index contributed by atoms with van der Waals surface area (Å²) in [4.78, 5) is 21.9. The number of halogens is 6. The predicted octanol–water partition coefficient (Wildman–Crippen LogP) is 5.61. The van der Waals surface area contributed by atoms with Gasteiger partial charge in [0.2, 0.25) is 0 Å². The molecule has 0 bridgehead atoms. The molecule has 2 aromatic rings. The minimum absolute atomic E-state index is 0.229. The summed E-state index contributed by atoms with van der Waals surface area (Å²) in [5.74, 6) is -1.27. The van der Waals surface area contributed by atoms with Gasteiger partial charge in [-0.15, -0.1) is 0 Å². The highest BCUT2D eigenvalue weighted by molar-refractivity contribution is 5.98. The average molecular weight is 504 g/mol. The van der Waals surface area contributed by atoms with Gasteiger partial charge in [-0.1, -0.05) is 25.9 Å². The van der Waals surface area contributed by atoms with E-state index in [1.807, 2.05) is 25.5 Å².